The van der Waals surface area contributed by atoms with Gasteiger partial charge in [-0.25, -0.2) is 4.68 Å². The van der Waals surface area contributed by atoms with Crippen molar-refractivity contribution in [3.05, 3.63) is 100 Å². The molecule has 0 aliphatic heterocycles. The normalized spacial score (nSPS) is 11.2. The van der Waals surface area contributed by atoms with Gasteiger partial charge in [-0.15, -0.1) is 0 Å². The molecule has 0 atom stereocenters. The zero-order chi connectivity index (χ0) is 25.2. The maximum absolute atomic E-state index is 13.7. The van der Waals surface area contributed by atoms with Crippen molar-refractivity contribution in [1.82, 2.24) is 9.78 Å². The van der Waals surface area contributed by atoms with Crippen molar-refractivity contribution in [1.29, 1.82) is 0 Å². The van der Waals surface area contributed by atoms with Crippen molar-refractivity contribution in [2.75, 3.05) is 10.6 Å². The van der Waals surface area contributed by atoms with Crippen LogP contribution in [0.4, 0.5) is 30.2 Å². The van der Waals surface area contributed by atoms with Crippen molar-refractivity contribution < 1.29 is 32.1 Å². The maximum Gasteiger partial charge on any atom is 0.418 e. The number of carbonyl (C=O) groups excluding carboxylic acids is 2. The summed E-state index contributed by atoms with van der Waals surface area (Å²) in [5.74, 6) is -1.61. The lowest BCUT2D eigenvalue weighted by Gasteiger charge is -2.15. The van der Waals surface area contributed by atoms with Crippen LogP contribution in [0.1, 0.15) is 26.4 Å². The minimum Gasteiger partial charge on any atom is -0.472 e. The number of amides is 2. The molecule has 13 heteroatoms. The lowest BCUT2D eigenvalue weighted by molar-refractivity contribution is -0.384. The third kappa shape index (κ3) is 5.19. The van der Waals surface area contributed by atoms with Gasteiger partial charge in [-0.1, -0.05) is 6.07 Å². The minimum atomic E-state index is -4.85. The third-order valence-corrected chi connectivity index (χ3v) is 4.74. The van der Waals surface area contributed by atoms with E-state index in [1.807, 2.05) is 0 Å². The van der Waals surface area contributed by atoms with Crippen LogP contribution in [-0.4, -0.2) is 26.5 Å². The first-order chi connectivity index (χ1) is 16.6. The Morgan fingerprint density at radius 3 is 2.51 bits per heavy atom. The molecular formula is C22H14F3N5O5. The highest BCUT2D eigenvalue weighted by molar-refractivity contribution is 6.05. The van der Waals surface area contributed by atoms with Crippen LogP contribution < -0.4 is 10.6 Å². The summed E-state index contributed by atoms with van der Waals surface area (Å²) in [6.07, 6.45) is -1.12. The van der Waals surface area contributed by atoms with Gasteiger partial charge in [-0.2, -0.15) is 18.3 Å². The van der Waals surface area contributed by atoms with Crippen LogP contribution in [0, 0.1) is 10.1 Å². The Morgan fingerprint density at radius 1 is 1.03 bits per heavy atom. The van der Waals surface area contributed by atoms with E-state index in [0.29, 0.717) is 6.07 Å². The van der Waals surface area contributed by atoms with E-state index in [0.717, 1.165) is 12.3 Å². The second-order valence-electron chi connectivity index (χ2n) is 7.10. The summed E-state index contributed by atoms with van der Waals surface area (Å²) in [4.78, 5) is 35.0. The van der Waals surface area contributed by atoms with Gasteiger partial charge in [0.1, 0.15) is 6.26 Å². The van der Waals surface area contributed by atoms with E-state index in [1.54, 1.807) is 0 Å². The number of nitrogens with one attached hydrogen (secondary N) is 2. The molecule has 2 heterocycles. The fourth-order valence-electron chi connectivity index (χ4n) is 3.09. The van der Waals surface area contributed by atoms with Crippen molar-refractivity contribution in [2.24, 2.45) is 0 Å². The average molecular weight is 485 g/mol. The number of hydrogen-bond donors (Lipinski definition) is 2. The SMILES string of the molecule is O=C(Nc1ccc(NC(=O)c2ccn(-c3cccc([N+](=O)[O-])c3)n2)c(C(F)(F)F)c1)c1ccoc1. The molecule has 0 aliphatic carbocycles. The summed E-state index contributed by atoms with van der Waals surface area (Å²) >= 11 is 0. The number of hydrogen-bond acceptors (Lipinski definition) is 6. The van der Waals surface area contributed by atoms with Crippen LogP contribution in [0.25, 0.3) is 5.69 Å². The summed E-state index contributed by atoms with van der Waals surface area (Å²) < 4.78 is 47.0. The van der Waals surface area contributed by atoms with Crippen LogP contribution in [0.2, 0.25) is 0 Å². The summed E-state index contributed by atoms with van der Waals surface area (Å²) in [5.41, 5.74) is -1.89. The van der Waals surface area contributed by atoms with E-state index in [1.165, 1.54) is 59.6 Å². The quantitative estimate of drug-likeness (QED) is 0.295. The van der Waals surface area contributed by atoms with E-state index in [4.69, 9.17) is 4.42 Å². The van der Waals surface area contributed by atoms with Gasteiger partial charge in [0.2, 0.25) is 0 Å². The van der Waals surface area contributed by atoms with E-state index >= 15 is 0 Å². The van der Waals surface area contributed by atoms with E-state index in [9.17, 15) is 32.9 Å². The first-order valence-corrected chi connectivity index (χ1v) is 9.78. The lowest BCUT2D eigenvalue weighted by atomic mass is 10.1. The minimum absolute atomic E-state index is 0.121. The Balaban J connectivity index is 1.55. The number of nitro groups is 1. The number of alkyl halides is 3. The summed E-state index contributed by atoms with van der Waals surface area (Å²) in [5, 5.41) is 19.4. The number of aromatic nitrogens is 2. The first kappa shape index (κ1) is 23.2. The monoisotopic (exact) mass is 485 g/mol. The number of furan rings is 1. The molecule has 0 saturated heterocycles. The smallest absolute Gasteiger partial charge is 0.418 e. The molecule has 178 valence electrons. The van der Waals surface area contributed by atoms with Gasteiger partial charge in [-0.05, 0) is 36.4 Å². The van der Waals surface area contributed by atoms with E-state index in [2.05, 4.69) is 15.7 Å². The molecule has 2 amide bonds. The largest absolute Gasteiger partial charge is 0.472 e. The fourth-order valence-corrected chi connectivity index (χ4v) is 3.09. The van der Waals surface area contributed by atoms with Gasteiger partial charge >= 0.3 is 6.18 Å². The van der Waals surface area contributed by atoms with Gasteiger partial charge in [0.05, 0.1) is 33.7 Å². The number of nitrogens with zero attached hydrogens (tertiary/aromatic N) is 3. The van der Waals surface area contributed by atoms with Gasteiger partial charge in [0.15, 0.2) is 5.69 Å². The Hall–Kier alpha value is -4.94. The summed E-state index contributed by atoms with van der Waals surface area (Å²) in [6, 6.07) is 10.9. The molecule has 0 unspecified atom stereocenters. The second kappa shape index (κ2) is 9.13. The molecule has 0 spiro atoms. The van der Waals surface area contributed by atoms with Crippen LogP contribution >= 0.6 is 0 Å². The predicted molar refractivity (Wildman–Crippen MR) is 116 cm³/mol. The molecule has 2 aromatic heterocycles. The summed E-state index contributed by atoms with van der Waals surface area (Å²) in [6.45, 7) is 0. The van der Waals surface area contributed by atoms with Crippen molar-refractivity contribution in [3.8, 4) is 5.69 Å². The van der Waals surface area contributed by atoms with Gasteiger partial charge in [0.25, 0.3) is 17.5 Å². The number of rotatable bonds is 6. The first-order valence-electron chi connectivity index (χ1n) is 9.78. The maximum atomic E-state index is 13.7. The van der Waals surface area contributed by atoms with Crippen molar-refractivity contribution >= 4 is 28.9 Å². The Labute approximate surface area is 194 Å². The van der Waals surface area contributed by atoms with Crippen LogP contribution in [0.15, 0.2) is 77.7 Å². The molecule has 35 heavy (non-hydrogen) atoms. The van der Waals surface area contributed by atoms with Gasteiger partial charge in [0, 0.05) is 24.0 Å². The topological polar surface area (TPSA) is 132 Å². The number of nitro benzene ring substituents is 1. The molecule has 0 bridgehead atoms. The van der Waals surface area contributed by atoms with Crippen molar-refractivity contribution in [2.45, 2.75) is 6.18 Å². The highest BCUT2D eigenvalue weighted by Crippen LogP contribution is 2.37. The van der Waals surface area contributed by atoms with Gasteiger partial charge in [-0.3, -0.25) is 19.7 Å². The number of halogens is 3. The van der Waals surface area contributed by atoms with Crippen molar-refractivity contribution in [3.63, 3.8) is 0 Å². The highest BCUT2D eigenvalue weighted by atomic mass is 19.4. The fraction of sp³-hybridized carbons (Fsp3) is 0.0455. The average Bonchev–Trinajstić information content (AvgIpc) is 3.52. The van der Waals surface area contributed by atoms with Crippen LogP contribution in [0.5, 0.6) is 0 Å². The molecular weight excluding hydrogens is 471 g/mol. The number of non-ortho nitro benzene ring substituents is 1. The third-order valence-electron chi connectivity index (χ3n) is 4.74. The highest BCUT2D eigenvalue weighted by Gasteiger charge is 2.34. The standard InChI is InChI=1S/C22H14F3N5O5/c23-22(24,25)17-10-14(26-20(31)13-7-9-35-12-13)4-5-18(17)27-21(32)19-6-8-29(28-19)15-2-1-3-16(11-15)30(33)34/h1-12H,(H,26,31)(H,27,32). The van der Waals surface area contributed by atoms with Crippen LogP contribution in [0.3, 0.4) is 0 Å². The Kier molecular flexibility index (Phi) is 6.06. The molecule has 4 rings (SSSR count). The molecule has 0 fully saturated rings. The zero-order valence-electron chi connectivity index (χ0n) is 17.4. The lowest BCUT2D eigenvalue weighted by Crippen LogP contribution is -2.18. The second-order valence-corrected chi connectivity index (χ2v) is 7.10. The predicted octanol–water partition coefficient (Wildman–Crippen LogP) is 4.90. The molecule has 10 nitrogen and oxygen atoms in total. The van der Waals surface area contributed by atoms with E-state index < -0.39 is 34.2 Å². The molecule has 0 saturated carbocycles. The molecule has 0 radical (unpaired) electrons. The molecule has 2 aromatic carbocycles. The zero-order valence-corrected chi connectivity index (χ0v) is 17.4. The molecule has 0 aliphatic rings. The number of benzene rings is 2. The molecule has 2 N–H and O–H groups in total. The van der Waals surface area contributed by atoms with Gasteiger partial charge < -0.3 is 15.1 Å². The Morgan fingerprint density at radius 2 is 1.83 bits per heavy atom. The van der Waals surface area contributed by atoms with Crippen LogP contribution in [-0.2, 0) is 6.18 Å². The van der Waals surface area contributed by atoms with E-state index in [-0.39, 0.29) is 28.3 Å². The Bertz CT molecular complexity index is 1410. The molecule has 4 aromatic rings. The summed E-state index contributed by atoms with van der Waals surface area (Å²) in [7, 11) is 0. The number of anilines is 2. The number of carbonyl (C=O) groups is 2.